The summed E-state index contributed by atoms with van der Waals surface area (Å²) in [6.07, 6.45) is 1.81. The first kappa shape index (κ1) is 9.71. The lowest BCUT2D eigenvalue weighted by Gasteiger charge is -2.15. The quantitative estimate of drug-likeness (QED) is 0.735. The molecule has 0 spiro atoms. The maximum Gasteiger partial charge on any atom is 0.0941 e. The van der Waals surface area contributed by atoms with E-state index >= 15 is 0 Å². The van der Waals surface area contributed by atoms with E-state index in [-0.39, 0.29) is 0 Å². The second-order valence-corrected chi connectivity index (χ2v) is 3.54. The van der Waals surface area contributed by atoms with Crippen LogP contribution in [0.15, 0.2) is 42.6 Å². The normalized spacial score (nSPS) is 10.0. The van der Waals surface area contributed by atoms with Gasteiger partial charge in [-0.1, -0.05) is 24.3 Å². The van der Waals surface area contributed by atoms with Crippen LogP contribution in [-0.4, -0.2) is 19.1 Å². The number of nitrogens with zero attached hydrogens (tertiary/aromatic N) is 2. The number of aromatic nitrogens is 1. The number of rotatable bonds is 2. The number of anilines is 1. The van der Waals surface area contributed by atoms with E-state index in [1.165, 1.54) is 0 Å². The van der Waals surface area contributed by atoms with Crippen LogP contribution in [0.3, 0.4) is 0 Å². The van der Waals surface area contributed by atoms with Gasteiger partial charge in [0, 0.05) is 25.9 Å². The van der Waals surface area contributed by atoms with Crippen molar-refractivity contribution in [3.05, 3.63) is 48.7 Å². The second kappa shape index (κ2) is 4.13. The molecule has 15 heavy (non-hydrogen) atoms. The summed E-state index contributed by atoms with van der Waals surface area (Å²) in [5, 5.41) is 0. The highest BCUT2D eigenvalue weighted by atomic mass is 15.1. The Kier molecular flexibility index (Phi) is 2.68. The summed E-state index contributed by atoms with van der Waals surface area (Å²) in [5.74, 6) is 0. The van der Waals surface area contributed by atoms with Crippen LogP contribution in [-0.2, 0) is 0 Å². The Bertz CT molecular complexity index is 435. The minimum atomic E-state index is 0.975. The summed E-state index contributed by atoms with van der Waals surface area (Å²) in [6.45, 7) is 0. The fourth-order valence-electron chi connectivity index (χ4n) is 1.51. The van der Waals surface area contributed by atoms with E-state index in [4.69, 9.17) is 0 Å². The van der Waals surface area contributed by atoms with E-state index in [1.807, 2.05) is 50.6 Å². The summed E-state index contributed by atoms with van der Waals surface area (Å²) in [7, 11) is 4.03. The Morgan fingerprint density at radius 1 is 1.13 bits per heavy atom. The first-order valence-electron chi connectivity index (χ1n) is 4.88. The predicted octanol–water partition coefficient (Wildman–Crippen LogP) is 2.61. The van der Waals surface area contributed by atoms with E-state index in [1.54, 1.807) is 0 Å². The Balaban J connectivity index is 2.53. The minimum absolute atomic E-state index is 0.975. The van der Waals surface area contributed by atoms with Crippen molar-refractivity contribution in [3.8, 4) is 11.3 Å². The van der Waals surface area contributed by atoms with E-state index in [2.05, 4.69) is 22.0 Å². The topological polar surface area (TPSA) is 16.1 Å². The third-order valence-electron chi connectivity index (χ3n) is 2.23. The van der Waals surface area contributed by atoms with Gasteiger partial charge in [0.1, 0.15) is 0 Å². The first-order chi connectivity index (χ1) is 7.29. The van der Waals surface area contributed by atoms with Crippen LogP contribution in [0.2, 0.25) is 0 Å². The summed E-state index contributed by atoms with van der Waals surface area (Å²) >= 11 is 0. The van der Waals surface area contributed by atoms with Crippen molar-refractivity contribution in [2.45, 2.75) is 0 Å². The SMILES string of the molecule is CN(C)c1cccnc1-c1[c]cccc1. The van der Waals surface area contributed by atoms with Crippen LogP contribution in [0.25, 0.3) is 11.3 Å². The van der Waals surface area contributed by atoms with Gasteiger partial charge < -0.3 is 4.90 Å². The highest BCUT2D eigenvalue weighted by Gasteiger charge is 2.06. The Labute approximate surface area is 90.2 Å². The molecule has 1 aromatic heterocycles. The maximum atomic E-state index is 4.40. The van der Waals surface area contributed by atoms with E-state index < -0.39 is 0 Å². The molecule has 0 amide bonds. The van der Waals surface area contributed by atoms with Crippen LogP contribution >= 0.6 is 0 Å². The van der Waals surface area contributed by atoms with Crippen molar-refractivity contribution in [2.75, 3.05) is 19.0 Å². The molecule has 75 valence electrons. The highest BCUT2D eigenvalue weighted by molar-refractivity contribution is 5.73. The second-order valence-electron chi connectivity index (χ2n) is 3.54. The molecule has 1 radical (unpaired) electrons. The maximum absolute atomic E-state index is 4.40. The first-order valence-corrected chi connectivity index (χ1v) is 4.88. The number of hydrogen-bond donors (Lipinski definition) is 0. The van der Waals surface area contributed by atoms with Crippen LogP contribution in [0, 0.1) is 6.07 Å². The largest absolute Gasteiger partial charge is 0.376 e. The zero-order valence-corrected chi connectivity index (χ0v) is 8.94. The van der Waals surface area contributed by atoms with E-state index in [0.717, 1.165) is 16.9 Å². The summed E-state index contributed by atoms with van der Waals surface area (Å²) in [5.41, 5.74) is 3.12. The molecular weight excluding hydrogens is 184 g/mol. The highest BCUT2D eigenvalue weighted by Crippen LogP contribution is 2.26. The Morgan fingerprint density at radius 3 is 2.67 bits per heavy atom. The molecule has 0 N–H and O–H groups in total. The molecule has 0 saturated carbocycles. The van der Waals surface area contributed by atoms with Gasteiger partial charge >= 0.3 is 0 Å². The third kappa shape index (κ3) is 1.99. The van der Waals surface area contributed by atoms with Crippen LogP contribution in [0.4, 0.5) is 5.69 Å². The monoisotopic (exact) mass is 197 g/mol. The van der Waals surface area contributed by atoms with Gasteiger partial charge in [-0.25, -0.2) is 0 Å². The van der Waals surface area contributed by atoms with Gasteiger partial charge in [-0.15, -0.1) is 0 Å². The Morgan fingerprint density at radius 2 is 2.00 bits per heavy atom. The van der Waals surface area contributed by atoms with Crippen LogP contribution < -0.4 is 4.90 Å². The summed E-state index contributed by atoms with van der Waals surface area (Å²) in [4.78, 5) is 6.46. The third-order valence-corrected chi connectivity index (χ3v) is 2.23. The molecule has 0 atom stereocenters. The summed E-state index contributed by atoms with van der Waals surface area (Å²) < 4.78 is 0. The molecule has 1 aromatic carbocycles. The fourth-order valence-corrected chi connectivity index (χ4v) is 1.51. The zero-order chi connectivity index (χ0) is 10.7. The van der Waals surface area contributed by atoms with Crippen molar-refractivity contribution in [1.82, 2.24) is 4.98 Å². The van der Waals surface area contributed by atoms with Gasteiger partial charge in [-0.05, 0) is 18.2 Å². The summed E-state index contributed by atoms with van der Waals surface area (Å²) in [6, 6.07) is 15.1. The van der Waals surface area contributed by atoms with Gasteiger partial charge in [-0.2, -0.15) is 0 Å². The molecule has 1 heterocycles. The average molecular weight is 197 g/mol. The zero-order valence-electron chi connectivity index (χ0n) is 8.94. The number of hydrogen-bond acceptors (Lipinski definition) is 2. The minimum Gasteiger partial charge on any atom is -0.376 e. The van der Waals surface area contributed by atoms with Gasteiger partial charge in [-0.3, -0.25) is 4.98 Å². The van der Waals surface area contributed by atoms with Gasteiger partial charge in [0.15, 0.2) is 0 Å². The van der Waals surface area contributed by atoms with Gasteiger partial charge in [0.2, 0.25) is 0 Å². The predicted molar refractivity (Wildman–Crippen MR) is 62.8 cm³/mol. The standard InChI is InChI=1S/C13H13N2/c1-15(2)12-9-6-10-14-13(12)11-7-4-3-5-8-11/h3-7,9-10H,1-2H3. The molecule has 2 nitrogen and oxygen atoms in total. The molecule has 0 saturated heterocycles. The molecule has 2 aromatic rings. The molecular formula is C13H13N2. The van der Waals surface area contributed by atoms with Crippen LogP contribution in [0.1, 0.15) is 0 Å². The fraction of sp³-hybridized carbons (Fsp3) is 0.154. The Hall–Kier alpha value is -1.83. The molecule has 0 fully saturated rings. The molecule has 2 rings (SSSR count). The smallest absolute Gasteiger partial charge is 0.0941 e. The lowest BCUT2D eigenvalue weighted by molar-refractivity contribution is 1.11. The van der Waals surface area contributed by atoms with Gasteiger partial charge in [0.05, 0.1) is 11.4 Å². The van der Waals surface area contributed by atoms with Crippen LogP contribution in [0.5, 0.6) is 0 Å². The molecule has 0 aliphatic heterocycles. The van der Waals surface area contributed by atoms with Crippen molar-refractivity contribution >= 4 is 5.69 Å². The van der Waals surface area contributed by atoms with Crippen molar-refractivity contribution in [1.29, 1.82) is 0 Å². The van der Waals surface area contributed by atoms with E-state index in [9.17, 15) is 0 Å². The average Bonchev–Trinajstić information content (AvgIpc) is 2.30. The molecule has 0 bridgehead atoms. The number of benzene rings is 1. The lowest BCUT2D eigenvalue weighted by Crippen LogP contribution is -2.10. The van der Waals surface area contributed by atoms with Crippen molar-refractivity contribution < 1.29 is 0 Å². The van der Waals surface area contributed by atoms with Gasteiger partial charge in [0.25, 0.3) is 0 Å². The molecule has 0 aliphatic carbocycles. The van der Waals surface area contributed by atoms with Crippen molar-refractivity contribution in [3.63, 3.8) is 0 Å². The van der Waals surface area contributed by atoms with E-state index in [0.29, 0.717) is 0 Å². The lowest BCUT2D eigenvalue weighted by atomic mass is 10.1. The molecule has 0 aliphatic rings. The molecule has 0 unspecified atom stereocenters. The van der Waals surface area contributed by atoms with Crippen molar-refractivity contribution in [2.24, 2.45) is 0 Å². The molecule has 2 heteroatoms. The number of pyridine rings is 1.